The van der Waals surface area contributed by atoms with Crippen molar-refractivity contribution in [3.8, 4) is 6.07 Å². The van der Waals surface area contributed by atoms with Gasteiger partial charge >= 0.3 is 0 Å². The molecular weight excluding hydrogens is 284 g/mol. The van der Waals surface area contributed by atoms with Crippen molar-refractivity contribution in [2.24, 2.45) is 0 Å². The number of nitrogens with zero attached hydrogens (tertiary/aromatic N) is 1. The van der Waals surface area contributed by atoms with Crippen LogP contribution in [-0.2, 0) is 0 Å². The fraction of sp³-hybridized carbons (Fsp3) is 0.600. The summed E-state index contributed by atoms with van der Waals surface area (Å²) in [4.78, 5) is 12.6. The minimum absolute atomic E-state index is 0.145. The van der Waals surface area contributed by atoms with Crippen molar-refractivity contribution in [2.45, 2.75) is 57.0 Å². The van der Waals surface area contributed by atoms with Gasteiger partial charge in [0.2, 0.25) is 0 Å². The molecule has 2 aliphatic rings. The molecule has 2 aliphatic carbocycles. The summed E-state index contributed by atoms with van der Waals surface area (Å²) in [5, 5.41) is 16.4. The van der Waals surface area contributed by atoms with Crippen LogP contribution in [0.3, 0.4) is 0 Å². The number of thiophene rings is 1. The number of carbonyl (C=O) groups excluding carboxylic acids is 1. The summed E-state index contributed by atoms with van der Waals surface area (Å²) in [6.45, 7) is 0. The molecule has 5 nitrogen and oxygen atoms in total. The second kappa shape index (κ2) is 5.94. The summed E-state index contributed by atoms with van der Waals surface area (Å²) in [7, 11) is 0. The number of amides is 1. The zero-order valence-corrected chi connectivity index (χ0v) is 12.8. The van der Waals surface area contributed by atoms with Gasteiger partial charge in [0.25, 0.3) is 5.91 Å². The highest BCUT2D eigenvalue weighted by molar-refractivity contribution is 7.19. The highest BCUT2D eigenvalue weighted by Crippen LogP contribution is 2.37. The maximum absolute atomic E-state index is 12.2. The molecule has 0 atom stereocenters. The third kappa shape index (κ3) is 3.13. The Morgan fingerprint density at radius 2 is 1.90 bits per heavy atom. The molecule has 0 aliphatic heterocycles. The first-order valence-electron chi connectivity index (χ1n) is 7.58. The Morgan fingerprint density at radius 3 is 2.52 bits per heavy atom. The van der Waals surface area contributed by atoms with E-state index < -0.39 is 0 Å². The minimum Gasteiger partial charge on any atom is -0.396 e. The first kappa shape index (κ1) is 14.2. The fourth-order valence-corrected chi connectivity index (χ4v) is 3.79. The number of nitrogen functional groups attached to an aromatic ring is 1. The first-order chi connectivity index (χ1) is 10.2. The third-order valence-corrected chi connectivity index (χ3v) is 5.25. The SMILES string of the molecule is N#Cc1c(NC2CCCCC2)sc(C(=O)NC2CC2)c1N. The molecule has 0 bridgehead atoms. The smallest absolute Gasteiger partial charge is 0.263 e. The molecule has 3 rings (SSSR count). The normalized spacial score (nSPS) is 19.0. The van der Waals surface area contributed by atoms with Gasteiger partial charge in [-0.15, -0.1) is 11.3 Å². The number of hydrogen-bond donors (Lipinski definition) is 3. The van der Waals surface area contributed by atoms with Crippen LogP contribution in [0.2, 0.25) is 0 Å². The Kier molecular flexibility index (Phi) is 4.02. The van der Waals surface area contributed by atoms with Crippen molar-refractivity contribution >= 4 is 27.9 Å². The molecular formula is C15H20N4OS. The molecule has 2 fully saturated rings. The number of nitrogens with one attached hydrogen (secondary N) is 2. The Balaban J connectivity index is 1.78. The Hall–Kier alpha value is -1.74. The van der Waals surface area contributed by atoms with E-state index in [4.69, 9.17) is 5.73 Å². The van der Waals surface area contributed by atoms with Gasteiger partial charge in [0.15, 0.2) is 0 Å². The van der Waals surface area contributed by atoms with Crippen LogP contribution in [0.25, 0.3) is 0 Å². The van der Waals surface area contributed by atoms with Crippen LogP contribution in [0.15, 0.2) is 0 Å². The van der Waals surface area contributed by atoms with Crippen molar-refractivity contribution in [3.63, 3.8) is 0 Å². The van der Waals surface area contributed by atoms with Gasteiger partial charge in [0.1, 0.15) is 21.5 Å². The lowest BCUT2D eigenvalue weighted by Gasteiger charge is -2.23. The summed E-state index contributed by atoms with van der Waals surface area (Å²) in [5.41, 5.74) is 6.75. The second-order valence-corrected chi connectivity index (χ2v) is 6.91. The average molecular weight is 304 g/mol. The van der Waals surface area contributed by atoms with E-state index in [1.54, 1.807) is 0 Å². The largest absolute Gasteiger partial charge is 0.396 e. The molecule has 2 saturated carbocycles. The molecule has 1 amide bonds. The number of nitriles is 1. The van der Waals surface area contributed by atoms with Gasteiger partial charge in [-0.25, -0.2) is 0 Å². The topological polar surface area (TPSA) is 90.9 Å². The third-order valence-electron chi connectivity index (χ3n) is 4.12. The lowest BCUT2D eigenvalue weighted by Crippen LogP contribution is -2.25. The van der Waals surface area contributed by atoms with E-state index in [9.17, 15) is 10.1 Å². The molecule has 0 aromatic carbocycles. The molecule has 0 spiro atoms. The predicted molar refractivity (Wildman–Crippen MR) is 84.4 cm³/mol. The first-order valence-corrected chi connectivity index (χ1v) is 8.40. The van der Waals surface area contributed by atoms with E-state index in [1.807, 2.05) is 0 Å². The molecule has 112 valence electrons. The number of hydrogen-bond acceptors (Lipinski definition) is 5. The van der Waals surface area contributed by atoms with Gasteiger partial charge in [-0.3, -0.25) is 4.79 Å². The molecule has 0 unspecified atom stereocenters. The van der Waals surface area contributed by atoms with E-state index in [2.05, 4.69) is 16.7 Å². The predicted octanol–water partition coefficient (Wildman–Crippen LogP) is 2.84. The Bertz CT molecular complexity index is 579. The Labute approximate surface area is 128 Å². The van der Waals surface area contributed by atoms with Gasteiger partial charge in [0, 0.05) is 12.1 Å². The molecule has 1 aromatic rings. The molecule has 0 saturated heterocycles. The van der Waals surface area contributed by atoms with Crippen LogP contribution in [0, 0.1) is 11.3 Å². The maximum Gasteiger partial charge on any atom is 0.263 e. The van der Waals surface area contributed by atoms with Crippen molar-refractivity contribution in [3.05, 3.63) is 10.4 Å². The average Bonchev–Trinajstić information content (AvgIpc) is 3.24. The number of carbonyl (C=O) groups is 1. The van der Waals surface area contributed by atoms with Gasteiger partial charge in [-0.1, -0.05) is 19.3 Å². The fourth-order valence-electron chi connectivity index (χ4n) is 2.74. The van der Waals surface area contributed by atoms with E-state index in [0.717, 1.165) is 30.7 Å². The Morgan fingerprint density at radius 1 is 1.19 bits per heavy atom. The van der Waals surface area contributed by atoms with Crippen molar-refractivity contribution in [1.29, 1.82) is 5.26 Å². The van der Waals surface area contributed by atoms with Gasteiger partial charge in [-0.2, -0.15) is 5.26 Å². The summed E-state index contributed by atoms with van der Waals surface area (Å²) in [6.07, 6.45) is 8.03. The van der Waals surface area contributed by atoms with Crippen molar-refractivity contribution in [2.75, 3.05) is 11.1 Å². The molecule has 0 radical (unpaired) electrons. The van der Waals surface area contributed by atoms with Crippen LogP contribution < -0.4 is 16.4 Å². The summed E-state index contributed by atoms with van der Waals surface area (Å²) in [5.74, 6) is -0.145. The van der Waals surface area contributed by atoms with Crippen molar-refractivity contribution in [1.82, 2.24) is 5.32 Å². The summed E-state index contributed by atoms with van der Waals surface area (Å²) >= 11 is 1.31. The lowest BCUT2D eigenvalue weighted by atomic mass is 9.95. The van der Waals surface area contributed by atoms with Crippen LogP contribution >= 0.6 is 11.3 Å². The van der Waals surface area contributed by atoms with Crippen LogP contribution in [0.4, 0.5) is 10.7 Å². The van der Waals surface area contributed by atoms with Crippen LogP contribution in [0.1, 0.15) is 60.2 Å². The van der Waals surface area contributed by atoms with E-state index >= 15 is 0 Å². The minimum atomic E-state index is -0.145. The maximum atomic E-state index is 12.2. The number of anilines is 2. The number of nitrogens with two attached hydrogens (primary N) is 1. The molecule has 6 heteroatoms. The second-order valence-electron chi connectivity index (χ2n) is 5.89. The number of rotatable bonds is 4. The lowest BCUT2D eigenvalue weighted by molar-refractivity contribution is 0.0956. The quantitative estimate of drug-likeness (QED) is 0.797. The van der Waals surface area contributed by atoms with Gasteiger partial charge < -0.3 is 16.4 Å². The molecule has 21 heavy (non-hydrogen) atoms. The summed E-state index contributed by atoms with van der Waals surface area (Å²) < 4.78 is 0. The van der Waals surface area contributed by atoms with Crippen molar-refractivity contribution < 1.29 is 4.79 Å². The van der Waals surface area contributed by atoms with E-state index in [1.165, 1.54) is 30.6 Å². The molecule has 4 N–H and O–H groups in total. The highest BCUT2D eigenvalue weighted by atomic mass is 32.1. The van der Waals surface area contributed by atoms with Gasteiger partial charge in [-0.05, 0) is 25.7 Å². The zero-order valence-electron chi connectivity index (χ0n) is 11.9. The standard InChI is InChI=1S/C15H20N4OS/c16-8-11-12(17)13(14(20)18-10-6-7-10)21-15(11)19-9-4-2-1-3-5-9/h9-10,19H,1-7,17H2,(H,18,20). The molecule has 1 aromatic heterocycles. The van der Waals surface area contributed by atoms with Gasteiger partial charge in [0.05, 0.1) is 5.69 Å². The summed E-state index contributed by atoms with van der Waals surface area (Å²) in [6, 6.07) is 2.82. The molecule has 1 heterocycles. The van der Waals surface area contributed by atoms with E-state index in [0.29, 0.717) is 28.2 Å². The van der Waals surface area contributed by atoms with Crippen LogP contribution in [-0.4, -0.2) is 18.0 Å². The zero-order chi connectivity index (χ0) is 14.8. The monoisotopic (exact) mass is 304 g/mol. The van der Waals surface area contributed by atoms with E-state index in [-0.39, 0.29) is 5.91 Å². The highest BCUT2D eigenvalue weighted by Gasteiger charge is 2.28. The van der Waals surface area contributed by atoms with Crippen LogP contribution in [0.5, 0.6) is 0 Å².